The molecule has 0 aliphatic rings. The highest BCUT2D eigenvalue weighted by molar-refractivity contribution is 6.05. The number of anilines is 1. The van der Waals surface area contributed by atoms with Crippen molar-refractivity contribution in [2.24, 2.45) is 0 Å². The zero-order valence-electron chi connectivity index (χ0n) is 13.7. The highest BCUT2D eigenvalue weighted by Gasteiger charge is 2.31. The molecule has 0 bridgehead atoms. The predicted molar refractivity (Wildman–Crippen MR) is 88.3 cm³/mol. The number of nitro benzene ring substituents is 1. The minimum atomic E-state index is -4.59. The van der Waals surface area contributed by atoms with E-state index < -0.39 is 22.6 Å². The Labute approximate surface area is 146 Å². The highest BCUT2D eigenvalue weighted by Crippen LogP contribution is 2.35. The smallest absolute Gasteiger partial charge is 0.416 e. The summed E-state index contributed by atoms with van der Waals surface area (Å²) in [7, 11) is 0. The van der Waals surface area contributed by atoms with E-state index in [1.54, 1.807) is 0 Å². The first-order chi connectivity index (χ1) is 12.2. The van der Waals surface area contributed by atoms with E-state index >= 15 is 0 Å². The van der Waals surface area contributed by atoms with Gasteiger partial charge in [-0.15, -0.1) is 0 Å². The van der Waals surface area contributed by atoms with Gasteiger partial charge in [-0.3, -0.25) is 14.9 Å². The molecule has 0 spiro atoms. The van der Waals surface area contributed by atoms with Crippen molar-refractivity contribution in [2.75, 3.05) is 11.9 Å². The SMILES string of the molecule is CCCOc1ccc(C(F)(F)F)cc1NC(=O)c1cccc([N+](=O)[O-])c1. The Hall–Kier alpha value is -3.10. The average molecular weight is 368 g/mol. The number of benzene rings is 2. The maximum Gasteiger partial charge on any atom is 0.416 e. The summed E-state index contributed by atoms with van der Waals surface area (Å²) in [5.74, 6) is -0.701. The number of rotatable bonds is 6. The minimum Gasteiger partial charge on any atom is -0.491 e. The van der Waals surface area contributed by atoms with Crippen molar-refractivity contribution in [1.82, 2.24) is 0 Å². The molecular weight excluding hydrogens is 353 g/mol. The third-order valence-electron chi connectivity index (χ3n) is 3.34. The Morgan fingerprint density at radius 1 is 1.23 bits per heavy atom. The molecule has 26 heavy (non-hydrogen) atoms. The molecule has 0 aromatic heterocycles. The fourth-order valence-corrected chi connectivity index (χ4v) is 2.10. The molecule has 6 nitrogen and oxygen atoms in total. The van der Waals surface area contributed by atoms with Gasteiger partial charge in [0, 0.05) is 17.7 Å². The molecule has 0 atom stereocenters. The standard InChI is InChI=1S/C17H15F3N2O4/c1-2-8-26-15-7-6-12(17(18,19)20)10-14(15)21-16(23)11-4-3-5-13(9-11)22(24)25/h3-7,9-10H,2,8H2,1H3,(H,21,23). The van der Waals surface area contributed by atoms with Crippen molar-refractivity contribution < 1.29 is 27.6 Å². The normalized spacial score (nSPS) is 11.1. The summed E-state index contributed by atoms with van der Waals surface area (Å²) in [5.41, 5.74) is -1.47. The van der Waals surface area contributed by atoms with Crippen molar-refractivity contribution in [2.45, 2.75) is 19.5 Å². The van der Waals surface area contributed by atoms with Crippen molar-refractivity contribution in [3.8, 4) is 5.75 Å². The lowest BCUT2D eigenvalue weighted by Gasteiger charge is -2.15. The minimum absolute atomic E-state index is 0.0574. The van der Waals surface area contributed by atoms with Gasteiger partial charge in [-0.1, -0.05) is 13.0 Å². The lowest BCUT2D eigenvalue weighted by molar-refractivity contribution is -0.384. The van der Waals surface area contributed by atoms with E-state index in [-0.39, 0.29) is 29.3 Å². The zero-order chi connectivity index (χ0) is 19.3. The second-order valence-electron chi connectivity index (χ2n) is 5.32. The summed E-state index contributed by atoms with van der Waals surface area (Å²) < 4.78 is 44.1. The maximum atomic E-state index is 12.9. The molecular formula is C17H15F3N2O4. The number of alkyl halides is 3. The molecule has 1 amide bonds. The Morgan fingerprint density at radius 3 is 2.58 bits per heavy atom. The van der Waals surface area contributed by atoms with Crippen LogP contribution in [0.3, 0.4) is 0 Å². The van der Waals surface area contributed by atoms with Crippen LogP contribution in [0.15, 0.2) is 42.5 Å². The van der Waals surface area contributed by atoms with Crippen LogP contribution in [0, 0.1) is 10.1 Å². The van der Waals surface area contributed by atoms with E-state index in [1.807, 2.05) is 6.92 Å². The first-order valence-corrected chi connectivity index (χ1v) is 7.62. The van der Waals surface area contributed by atoms with Gasteiger partial charge in [-0.25, -0.2) is 0 Å². The van der Waals surface area contributed by atoms with Crippen molar-refractivity contribution in [1.29, 1.82) is 0 Å². The third-order valence-corrected chi connectivity index (χ3v) is 3.34. The Bertz CT molecular complexity index is 822. The van der Waals surface area contributed by atoms with Crippen LogP contribution in [0.2, 0.25) is 0 Å². The van der Waals surface area contributed by atoms with Crippen LogP contribution in [0.25, 0.3) is 0 Å². The van der Waals surface area contributed by atoms with E-state index in [1.165, 1.54) is 18.2 Å². The van der Waals surface area contributed by atoms with Gasteiger partial charge in [-0.2, -0.15) is 13.2 Å². The van der Waals surface area contributed by atoms with Crippen LogP contribution in [-0.4, -0.2) is 17.4 Å². The van der Waals surface area contributed by atoms with E-state index in [9.17, 15) is 28.1 Å². The fraction of sp³-hybridized carbons (Fsp3) is 0.235. The first-order valence-electron chi connectivity index (χ1n) is 7.62. The van der Waals surface area contributed by atoms with Crippen molar-refractivity contribution in [3.63, 3.8) is 0 Å². The Balaban J connectivity index is 2.34. The molecule has 2 rings (SSSR count). The lowest BCUT2D eigenvalue weighted by atomic mass is 10.1. The summed E-state index contributed by atoms with van der Waals surface area (Å²) in [6.45, 7) is 2.08. The largest absolute Gasteiger partial charge is 0.491 e. The van der Waals surface area contributed by atoms with Crippen LogP contribution in [0.4, 0.5) is 24.5 Å². The van der Waals surface area contributed by atoms with E-state index in [0.717, 1.165) is 24.3 Å². The Kier molecular flexibility index (Phi) is 5.81. The topological polar surface area (TPSA) is 81.5 Å². The highest BCUT2D eigenvalue weighted by atomic mass is 19.4. The monoisotopic (exact) mass is 368 g/mol. The lowest BCUT2D eigenvalue weighted by Crippen LogP contribution is -2.15. The molecule has 2 aromatic carbocycles. The van der Waals surface area contributed by atoms with E-state index in [0.29, 0.717) is 6.42 Å². The van der Waals surface area contributed by atoms with Gasteiger partial charge in [0.15, 0.2) is 0 Å². The average Bonchev–Trinajstić information content (AvgIpc) is 2.59. The number of hydrogen-bond donors (Lipinski definition) is 1. The number of carbonyl (C=O) groups is 1. The van der Waals surface area contributed by atoms with E-state index in [2.05, 4.69) is 5.32 Å². The quantitative estimate of drug-likeness (QED) is 0.594. The van der Waals surface area contributed by atoms with Gasteiger partial charge >= 0.3 is 6.18 Å². The van der Waals surface area contributed by atoms with Gasteiger partial charge in [0.1, 0.15) is 5.75 Å². The number of ether oxygens (including phenoxy) is 1. The second kappa shape index (κ2) is 7.85. The van der Waals surface area contributed by atoms with Crippen LogP contribution in [0.5, 0.6) is 5.75 Å². The number of hydrogen-bond acceptors (Lipinski definition) is 4. The number of nitro groups is 1. The Morgan fingerprint density at radius 2 is 1.96 bits per heavy atom. The van der Waals surface area contributed by atoms with Gasteiger partial charge < -0.3 is 10.1 Å². The molecule has 0 aliphatic heterocycles. The molecule has 2 aromatic rings. The first kappa shape index (κ1) is 19.2. The second-order valence-corrected chi connectivity index (χ2v) is 5.32. The van der Waals surface area contributed by atoms with Gasteiger partial charge in [0.25, 0.3) is 11.6 Å². The molecule has 138 valence electrons. The third kappa shape index (κ3) is 4.71. The van der Waals surface area contributed by atoms with E-state index in [4.69, 9.17) is 4.74 Å². The van der Waals surface area contributed by atoms with Crippen LogP contribution < -0.4 is 10.1 Å². The van der Waals surface area contributed by atoms with Gasteiger partial charge in [0.2, 0.25) is 0 Å². The van der Waals surface area contributed by atoms with Gasteiger partial charge in [-0.05, 0) is 30.7 Å². The molecule has 0 heterocycles. The summed E-state index contributed by atoms with van der Waals surface area (Å²) in [4.78, 5) is 22.4. The molecule has 0 saturated heterocycles. The number of carbonyl (C=O) groups excluding carboxylic acids is 1. The van der Waals surface area contributed by atoms with Crippen LogP contribution in [-0.2, 0) is 6.18 Å². The van der Waals surface area contributed by atoms with Crippen molar-refractivity contribution in [3.05, 3.63) is 63.7 Å². The molecule has 1 N–H and O–H groups in total. The summed E-state index contributed by atoms with van der Waals surface area (Å²) >= 11 is 0. The molecule has 9 heteroatoms. The number of nitrogens with one attached hydrogen (secondary N) is 1. The molecule has 0 unspecified atom stereocenters. The number of amides is 1. The zero-order valence-corrected chi connectivity index (χ0v) is 13.7. The molecule has 0 radical (unpaired) electrons. The summed E-state index contributed by atoms with van der Waals surface area (Å²) in [5, 5.41) is 13.1. The number of nitrogens with zero attached hydrogens (tertiary/aromatic N) is 1. The summed E-state index contributed by atoms with van der Waals surface area (Å²) in [6, 6.07) is 7.62. The van der Waals surface area contributed by atoms with Crippen LogP contribution in [0.1, 0.15) is 29.3 Å². The molecule has 0 saturated carbocycles. The van der Waals surface area contributed by atoms with Crippen LogP contribution >= 0.6 is 0 Å². The predicted octanol–water partition coefficient (Wildman–Crippen LogP) is 4.65. The maximum absolute atomic E-state index is 12.9. The number of non-ortho nitro benzene ring substituents is 1. The van der Waals surface area contributed by atoms with Gasteiger partial charge in [0.05, 0.1) is 22.8 Å². The fourth-order valence-electron chi connectivity index (χ4n) is 2.10. The molecule has 0 aliphatic carbocycles. The molecule has 0 fully saturated rings. The number of halogens is 3. The van der Waals surface area contributed by atoms with Crippen molar-refractivity contribution >= 4 is 17.3 Å². The summed E-state index contributed by atoms with van der Waals surface area (Å²) in [6.07, 6.45) is -3.96.